The number of carbonyl (C=O) groups excluding carboxylic acids is 1. The lowest BCUT2D eigenvalue weighted by Crippen LogP contribution is -2.31. The Kier molecular flexibility index (Phi) is 5.11. The molecular weight excluding hydrogens is 452 g/mol. The topological polar surface area (TPSA) is 80.3 Å². The number of nitrogens with zero attached hydrogens (tertiary/aromatic N) is 5. The van der Waals surface area contributed by atoms with Crippen LogP contribution in [0.25, 0.3) is 22.2 Å². The molecule has 2 amide bonds. The molecule has 0 unspecified atom stereocenters. The lowest BCUT2D eigenvalue weighted by atomic mass is 10.0. The summed E-state index contributed by atoms with van der Waals surface area (Å²) >= 11 is 0. The summed E-state index contributed by atoms with van der Waals surface area (Å²) in [6.07, 6.45) is 3.03. The van der Waals surface area contributed by atoms with E-state index in [1.807, 2.05) is 0 Å². The highest BCUT2D eigenvalue weighted by Gasteiger charge is 2.31. The number of aryl methyl sites for hydroxylation is 1. The minimum Gasteiger partial charge on any atom is -0.383 e. The number of urea groups is 1. The van der Waals surface area contributed by atoms with Gasteiger partial charge in [0, 0.05) is 54.8 Å². The number of anilines is 2. The van der Waals surface area contributed by atoms with Crippen LogP contribution in [-0.4, -0.2) is 38.6 Å². The Hall–Kier alpha value is -4.15. The standard InChI is InChI=1S/C23H18F4N6O/c1-31-10-16(19-21(28)29-11-30-22(19)31)15-3-2-14(8-17(15)25)33-5-4-32(23(33)34)9-12-6-13(24)7-18(26)20(12)27/h2-3,6-8,10-11H,4-5,9H2,1H3,(H2,28,29,30). The number of benzene rings is 2. The molecule has 7 nitrogen and oxygen atoms in total. The Morgan fingerprint density at radius 1 is 1.00 bits per heavy atom. The zero-order chi connectivity index (χ0) is 24.1. The van der Waals surface area contributed by atoms with Crippen molar-refractivity contribution in [3.63, 3.8) is 0 Å². The molecule has 174 valence electrons. The quantitative estimate of drug-likeness (QED) is 0.358. The molecule has 1 saturated heterocycles. The molecule has 34 heavy (non-hydrogen) atoms. The molecule has 0 radical (unpaired) electrons. The predicted molar refractivity (Wildman–Crippen MR) is 118 cm³/mol. The van der Waals surface area contributed by atoms with Crippen molar-refractivity contribution in [2.45, 2.75) is 6.54 Å². The largest absolute Gasteiger partial charge is 0.383 e. The molecule has 4 aromatic rings. The number of fused-ring (bicyclic) bond motifs is 1. The van der Waals surface area contributed by atoms with Crippen molar-refractivity contribution in [1.82, 2.24) is 19.4 Å². The van der Waals surface area contributed by atoms with Crippen LogP contribution < -0.4 is 10.6 Å². The number of nitrogen functional groups attached to an aromatic ring is 1. The van der Waals surface area contributed by atoms with E-state index in [9.17, 15) is 18.0 Å². The van der Waals surface area contributed by atoms with E-state index < -0.39 is 29.3 Å². The Morgan fingerprint density at radius 2 is 1.79 bits per heavy atom. The minimum absolute atomic E-state index is 0.178. The third kappa shape index (κ3) is 3.49. The van der Waals surface area contributed by atoms with Gasteiger partial charge in [0.25, 0.3) is 0 Å². The van der Waals surface area contributed by atoms with E-state index in [-0.39, 0.29) is 36.6 Å². The molecule has 0 saturated carbocycles. The van der Waals surface area contributed by atoms with E-state index in [2.05, 4.69) is 9.97 Å². The van der Waals surface area contributed by atoms with Gasteiger partial charge in [-0.1, -0.05) is 0 Å². The van der Waals surface area contributed by atoms with E-state index in [0.29, 0.717) is 28.4 Å². The lowest BCUT2D eigenvalue weighted by molar-refractivity contribution is 0.218. The first kappa shape index (κ1) is 21.7. The molecule has 2 N–H and O–H groups in total. The van der Waals surface area contributed by atoms with Gasteiger partial charge in [0.15, 0.2) is 11.6 Å². The maximum absolute atomic E-state index is 15.2. The molecule has 1 aliphatic heterocycles. The highest BCUT2D eigenvalue weighted by molar-refractivity contribution is 6.01. The Labute approximate surface area is 191 Å². The van der Waals surface area contributed by atoms with Crippen molar-refractivity contribution in [1.29, 1.82) is 0 Å². The van der Waals surface area contributed by atoms with Gasteiger partial charge < -0.3 is 15.2 Å². The number of hydrogen-bond donors (Lipinski definition) is 1. The molecule has 2 aromatic carbocycles. The van der Waals surface area contributed by atoms with Gasteiger partial charge in [-0.3, -0.25) is 4.90 Å². The average molecular weight is 470 g/mol. The number of amides is 2. The summed E-state index contributed by atoms with van der Waals surface area (Å²) in [4.78, 5) is 23.6. The Morgan fingerprint density at radius 3 is 2.56 bits per heavy atom. The van der Waals surface area contributed by atoms with Gasteiger partial charge in [-0.15, -0.1) is 0 Å². The average Bonchev–Trinajstić information content (AvgIpc) is 3.32. The van der Waals surface area contributed by atoms with Gasteiger partial charge >= 0.3 is 6.03 Å². The van der Waals surface area contributed by atoms with Crippen LogP contribution in [0, 0.1) is 23.3 Å². The van der Waals surface area contributed by atoms with E-state index >= 15 is 4.39 Å². The first-order valence-electron chi connectivity index (χ1n) is 10.3. The van der Waals surface area contributed by atoms with Crippen LogP contribution in [0.4, 0.5) is 33.9 Å². The summed E-state index contributed by atoms with van der Waals surface area (Å²) in [5.41, 5.74) is 7.34. The van der Waals surface area contributed by atoms with E-state index in [4.69, 9.17) is 5.73 Å². The number of halogens is 4. The zero-order valence-electron chi connectivity index (χ0n) is 17.9. The first-order valence-corrected chi connectivity index (χ1v) is 10.3. The van der Waals surface area contributed by atoms with Gasteiger partial charge in [0.1, 0.15) is 29.4 Å². The molecule has 1 aliphatic rings. The van der Waals surface area contributed by atoms with Crippen LogP contribution in [0.1, 0.15) is 5.56 Å². The molecule has 0 spiro atoms. The molecule has 1 fully saturated rings. The monoisotopic (exact) mass is 470 g/mol. The summed E-state index contributed by atoms with van der Waals surface area (Å²) in [5, 5.41) is 0.518. The van der Waals surface area contributed by atoms with Crippen molar-refractivity contribution >= 4 is 28.6 Å². The van der Waals surface area contributed by atoms with Crippen LogP contribution in [0.3, 0.4) is 0 Å². The van der Waals surface area contributed by atoms with E-state index in [1.54, 1.807) is 23.9 Å². The van der Waals surface area contributed by atoms with Crippen LogP contribution >= 0.6 is 0 Å². The molecule has 0 aliphatic carbocycles. The van der Waals surface area contributed by atoms with Gasteiger partial charge in [-0.05, 0) is 24.3 Å². The molecule has 5 rings (SSSR count). The van der Waals surface area contributed by atoms with Crippen molar-refractivity contribution in [3.8, 4) is 11.1 Å². The van der Waals surface area contributed by atoms with Crippen LogP contribution in [0.2, 0.25) is 0 Å². The lowest BCUT2D eigenvalue weighted by Gasteiger charge is -2.19. The first-order chi connectivity index (χ1) is 16.2. The van der Waals surface area contributed by atoms with Crippen LogP contribution in [-0.2, 0) is 13.6 Å². The third-order valence-electron chi connectivity index (χ3n) is 5.86. The molecular formula is C23H18F4N6O. The number of nitrogens with two attached hydrogens (primary N) is 1. The fourth-order valence-electron chi connectivity index (χ4n) is 4.23. The molecule has 0 atom stereocenters. The van der Waals surface area contributed by atoms with Crippen molar-refractivity contribution in [2.24, 2.45) is 7.05 Å². The van der Waals surface area contributed by atoms with Crippen molar-refractivity contribution in [2.75, 3.05) is 23.7 Å². The Balaban J connectivity index is 1.42. The van der Waals surface area contributed by atoms with Crippen LogP contribution in [0.15, 0.2) is 42.9 Å². The summed E-state index contributed by atoms with van der Waals surface area (Å²) in [6.45, 7) is 0.0642. The molecule has 3 heterocycles. The molecule has 11 heteroatoms. The van der Waals surface area contributed by atoms with Gasteiger partial charge in [0.05, 0.1) is 11.9 Å². The number of carbonyl (C=O) groups is 1. The smallest absolute Gasteiger partial charge is 0.324 e. The Bertz CT molecular complexity index is 1450. The fourth-order valence-corrected chi connectivity index (χ4v) is 4.23. The maximum atomic E-state index is 15.2. The van der Waals surface area contributed by atoms with Gasteiger partial charge in [-0.25, -0.2) is 32.3 Å². The maximum Gasteiger partial charge on any atom is 0.324 e. The molecule has 0 bridgehead atoms. The normalized spacial score (nSPS) is 14.0. The fraction of sp³-hybridized carbons (Fsp3) is 0.174. The summed E-state index contributed by atoms with van der Waals surface area (Å²) < 4.78 is 57.9. The second-order valence-corrected chi connectivity index (χ2v) is 7.99. The predicted octanol–water partition coefficient (Wildman–Crippen LogP) is 4.22. The number of rotatable bonds is 4. The number of hydrogen-bond acceptors (Lipinski definition) is 4. The third-order valence-corrected chi connectivity index (χ3v) is 5.86. The van der Waals surface area contributed by atoms with Crippen molar-refractivity contribution in [3.05, 3.63) is 71.7 Å². The van der Waals surface area contributed by atoms with E-state index in [0.717, 1.165) is 6.07 Å². The minimum atomic E-state index is -1.32. The number of aromatic nitrogens is 3. The van der Waals surface area contributed by atoms with Gasteiger partial charge in [-0.2, -0.15) is 0 Å². The second-order valence-electron chi connectivity index (χ2n) is 7.99. The summed E-state index contributed by atoms with van der Waals surface area (Å²) in [6, 6.07) is 5.10. The van der Waals surface area contributed by atoms with Crippen molar-refractivity contribution < 1.29 is 22.4 Å². The summed E-state index contributed by atoms with van der Waals surface area (Å²) in [7, 11) is 1.76. The van der Waals surface area contributed by atoms with E-state index in [1.165, 1.54) is 28.3 Å². The highest BCUT2D eigenvalue weighted by Crippen LogP contribution is 2.35. The zero-order valence-corrected chi connectivity index (χ0v) is 17.9. The van der Waals surface area contributed by atoms with Gasteiger partial charge in [0.2, 0.25) is 0 Å². The van der Waals surface area contributed by atoms with Crippen LogP contribution in [0.5, 0.6) is 0 Å². The second kappa shape index (κ2) is 8.01. The summed E-state index contributed by atoms with van der Waals surface area (Å²) in [5.74, 6) is -3.83. The SMILES string of the molecule is Cn1cc(-c2ccc(N3CCN(Cc4cc(F)cc(F)c4F)C3=O)cc2F)c2c(N)ncnc21. The molecule has 2 aromatic heterocycles. The highest BCUT2D eigenvalue weighted by atomic mass is 19.2.